The topological polar surface area (TPSA) is 77.8 Å². The van der Waals surface area contributed by atoms with E-state index in [-0.39, 0.29) is 42.0 Å². The van der Waals surface area contributed by atoms with Gasteiger partial charge >= 0.3 is 0 Å². The molecule has 1 aromatic rings. The zero-order chi connectivity index (χ0) is 22.3. The van der Waals surface area contributed by atoms with Crippen LogP contribution < -0.4 is 10.6 Å². The van der Waals surface area contributed by atoms with Crippen molar-refractivity contribution < 1.29 is 4.79 Å². The number of hydrogen-bond acceptors (Lipinski definition) is 4. The Hall–Kier alpha value is -1.36. The van der Waals surface area contributed by atoms with E-state index in [2.05, 4.69) is 48.3 Å². The van der Waals surface area contributed by atoms with Crippen molar-refractivity contribution in [3.8, 4) is 0 Å². The van der Waals surface area contributed by atoms with E-state index < -0.39 is 0 Å². The minimum atomic E-state index is 0. The van der Waals surface area contributed by atoms with Crippen LogP contribution in [0.3, 0.4) is 0 Å². The van der Waals surface area contributed by atoms with Gasteiger partial charge in [0.1, 0.15) is 0 Å². The lowest BCUT2D eigenvalue weighted by Gasteiger charge is -2.25. The largest absolute Gasteiger partial charge is 0.357 e. The summed E-state index contributed by atoms with van der Waals surface area (Å²) in [6, 6.07) is 0.298. The summed E-state index contributed by atoms with van der Waals surface area (Å²) >= 11 is 0. The molecular formula is C22H42IN7O. The van der Waals surface area contributed by atoms with Crippen molar-refractivity contribution >= 4 is 35.8 Å². The maximum atomic E-state index is 12.3. The Labute approximate surface area is 205 Å². The third-order valence-corrected chi connectivity index (χ3v) is 5.86. The summed E-state index contributed by atoms with van der Waals surface area (Å²) in [5.74, 6) is 1.08. The van der Waals surface area contributed by atoms with Crippen LogP contribution in [0.15, 0.2) is 4.99 Å². The Bertz CT molecular complexity index is 732. The second-order valence-electron chi connectivity index (χ2n) is 8.56. The predicted octanol–water partition coefficient (Wildman–Crippen LogP) is 2.08. The van der Waals surface area contributed by atoms with Crippen LogP contribution in [-0.2, 0) is 18.3 Å². The standard InChI is InChI=1S/C22H41N7O.HI/c1-8-23-22(25-16(2)15-19-17(3)26-28(7)18(19)4)24-12-10-14-29-13-9-11-20(29)21(30)27(5)6;/h16,20H,8-15H2,1-7H3,(H2,23,24,25);1H. The first-order valence-corrected chi connectivity index (χ1v) is 11.2. The molecule has 0 radical (unpaired) electrons. The smallest absolute Gasteiger partial charge is 0.239 e. The molecule has 2 unspecified atom stereocenters. The maximum absolute atomic E-state index is 12.3. The molecule has 8 nitrogen and oxygen atoms in total. The lowest BCUT2D eigenvalue weighted by molar-refractivity contribution is -0.133. The number of nitrogens with zero attached hydrogens (tertiary/aromatic N) is 5. The lowest BCUT2D eigenvalue weighted by Crippen LogP contribution is -2.44. The van der Waals surface area contributed by atoms with Gasteiger partial charge in [0.2, 0.25) is 5.91 Å². The van der Waals surface area contributed by atoms with Gasteiger partial charge in [-0.05, 0) is 65.5 Å². The lowest BCUT2D eigenvalue weighted by atomic mass is 10.1. The molecule has 2 rings (SSSR count). The first kappa shape index (κ1) is 27.7. The molecule has 1 fully saturated rings. The molecule has 9 heteroatoms. The predicted molar refractivity (Wildman–Crippen MR) is 138 cm³/mol. The van der Waals surface area contributed by atoms with E-state index in [1.165, 1.54) is 11.3 Å². The fourth-order valence-corrected chi connectivity index (χ4v) is 4.16. The van der Waals surface area contributed by atoms with Gasteiger partial charge in [0.05, 0.1) is 11.7 Å². The van der Waals surface area contributed by atoms with Crippen LogP contribution in [0.5, 0.6) is 0 Å². The molecule has 31 heavy (non-hydrogen) atoms. The highest BCUT2D eigenvalue weighted by Crippen LogP contribution is 2.19. The molecule has 178 valence electrons. The number of likely N-dealkylation sites (N-methyl/N-ethyl adjacent to an activating group) is 1. The molecule has 0 aliphatic carbocycles. The van der Waals surface area contributed by atoms with E-state index in [0.717, 1.165) is 63.5 Å². The van der Waals surface area contributed by atoms with Gasteiger partial charge in [0, 0.05) is 52.5 Å². The zero-order valence-electron chi connectivity index (χ0n) is 20.4. The van der Waals surface area contributed by atoms with Gasteiger partial charge in [-0.3, -0.25) is 19.4 Å². The molecule has 1 aliphatic heterocycles. The number of aryl methyl sites for hydroxylation is 2. The number of aromatic nitrogens is 2. The summed E-state index contributed by atoms with van der Waals surface area (Å²) in [5, 5.41) is 11.4. The first-order valence-electron chi connectivity index (χ1n) is 11.2. The van der Waals surface area contributed by atoms with E-state index in [9.17, 15) is 4.79 Å². The monoisotopic (exact) mass is 547 g/mol. The molecule has 0 bridgehead atoms. The van der Waals surface area contributed by atoms with Gasteiger partial charge in [-0.25, -0.2) is 0 Å². The normalized spacial score (nSPS) is 17.9. The average Bonchev–Trinajstić information content (AvgIpc) is 3.24. The van der Waals surface area contributed by atoms with E-state index in [4.69, 9.17) is 4.99 Å². The van der Waals surface area contributed by atoms with Gasteiger partial charge in [-0.1, -0.05) is 0 Å². The Morgan fingerprint density at radius 1 is 1.35 bits per heavy atom. The van der Waals surface area contributed by atoms with E-state index in [1.54, 1.807) is 4.90 Å². The Balaban J connectivity index is 0.00000480. The Kier molecular flexibility index (Phi) is 11.8. The summed E-state index contributed by atoms with van der Waals surface area (Å²) < 4.78 is 1.95. The number of hydrogen-bond donors (Lipinski definition) is 2. The fourth-order valence-electron chi connectivity index (χ4n) is 4.16. The van der Waals surface area contributed by atoms with Gasteiger partial charge < -0.3 is 15.5 Å². The van der Waals surface area contributed by atoms with Crippen LogP contribution in [0.2, 0.25) is 0 Å². The zero-order valence-corrected chi connectivity index (χ0v) is 22.7. The average molecular weight is 548 g/mol. The molecule has 2 heterocycles. The van der Waals surface area contributed by atoms with Crippen LogP contribution in [0.1, 0.15) is 50.1 Å². The molecule has 2 atom stereocenters. The first-order chi connectivity index (χ1) is 14.2. The molecule has 2 N–H and O–H groups in total. The van der Waals surface area contributed by atoms with Gasteiger partial charge in [-0.2, -0.15) is 5.10 Å². The molecule has 0 aromatic carbocycles. The number of carbonyl (C=O) groups is 1. The number of amides is 1. The van der Waals surface area contributed by atoms with Crippen LogP contribution in [-0.4, -0.2) is 83.8 Å². The van der Waals surface area contributed by atoms with Crippen molar-refractivity contribution in [1.29, 1.82) is 0 Å². The molecule has 1 aromatic heterocycles. The SMILES string of the molecule is CCNC(=NCCCN1CCCC1C(=O)N(C)C)NC(C)Cc1c(C)nn(C)c1C.I. The molecule has 0 spiro atoms. The van der Waals surface area contributed by atoms with Crippen molar-refractivity contribution in [2.24, 2.45) is 12.0 Å². The number of likely N-dealkylation sites (tertiary alicyclic amines) is 1. The van der Waals surface area contributed by atoms with Crippen LogP contribution in [0.4, 0.5) is 0 Å². The summed E-state index contributed by atoms with van der Waals surface area (Å²) in [7, 11) is 5.67. The number of nitrogens with one attached hydrogen (secondary N) is 2. The van der Waals surface area contributed by atoms with E-state index >= 15 is 0 Å². The van der Waals surface area contributed by atoms with E-state index in [0.29, 0.717) is 0 Å². The Morgan fingerprint density at radius 2 is 2.06 bits per heavy atom. The molecular weight excluding hydrogens is 505 g/mol. The fraction of sp³-hybridized carbons (Fsp3) is 0.773. The van der Waals surface area contributed by atoms with Gasteiger partial charge in [0.25, 0.3) is 0 Å². The van der Waals surface area contributed by atoms with Crippen molar-refractivity contribution in [1.82, 2.24) is 30.2 Å². The summed E-state index contributed by atoms with van der Waals surface area (Å²) in [5.41, 5.74) is 3.62. The second-order valence-corrected chi connectivity index (χ2v) is 8.56. The Morgan fingerprint density at radius 3 is 2.65 bits per heavy atom. The van der Waals surface area contributed by atoms with Gasteiger partial charge in [-0.15, -0.1) is 24.0 Å². The second kappa shape index (κ2) is 13.2. The number of carbonyl (C=O) groups excluding carboxylic acids is 1. The summed E-state index contributed by atoms with van der Waals surface area (Å²) in [6.07, 6.45) is 3.93. The molecule has 0 saturated carbocycles. The quantitative estimate of drug-likeness (QED) is 0.214. The highest BCUT2D eigenvalue weighted by molar-refractivity contribution is 14.0. The van der Waals surface area contributed by atoms with E-state index in [1.807, 2.05) is 25.8 Å². The van der Waals surface area contributed by atoms with Crippen LogP contribution in [0.25, 0.3) is 0 Å². The number of aliphatic imine (C=N–C) groups is 1. The van der Waals surface area contributed by atoms with Crippen molar-refractivity contribution in [2.75, 3.05) is 40.3 Å². The highest BCUT2D eigenvalue weighted by Gasteiger charge is 2.30. The van der Waals surface area contributed by atoms with Crippen LogP contribution in [0, 0.1) is 13.8 Å². The molecule has 1 aliphatic rings. The summed E-state index contributed by atoms with van der Waals surface area (Å²) in [6.45, 7) is 11.9. The molecule has 1 amide bonds. The van der Waals surface area contributed by atoms with Crippen molar-refractivity contribution in [2.45, 2.75) is 65.5 Å². The van der Waals surface area contributed by atoms with Gasteiger partial charge in [0.15, 0.2) is 5.96 Å². The number of rotatable bonds is 9. The van der Waals surface area contributed by atoms with Crippen molar-refractivity contribution in [3.05, 3.63) is 17.0 Å². The highest BCUT2D eigenvalue weighted by atomic mass is 127. The molecule has 1 saturated heterocycles. The third-order valence-electron chi connectivity index (χ3n) is 5.86. The number of guanidine groups is 1. The third kappa shape index (κ3) is 7.93. The maximum Gasteiger partial charge on any atom is 0.239 e. The minimum Gasteiger partial charge on any atom is -0.357 e. The summed E-state index contributed by atoms with van der Waals surface area (Å²) in [4.78, 5) is 21.1. The van der Waals surface area contributed by atoms with Crippen LogP contribution >= 0.6 is 24.0 Å². The number of halogens is 1. The minimum absolute atomic E-state index is 0. The van der Waals surface area contributed by atoms with Crippen molar-refractivity contribution in [3.63, 3.8) is 0 Å².